The smallest absolute Gasteiger partial charge is 0.335 e. The number of carbonyl (C=O) groups excluding carboxylic acids is 1. The fourth-order valence-electron chi connectivity index (χ4n) is 1.89. The third-order valence-corrected chi connectivity index (χ3v) is 2.96. The van der Waals surface area contributed by atoms with Crippen LogP contribution in [0.3, 0.4) is 0 Å². The molecule has 5 heteroatoms. The molecule has 0 saturated carbocycles. The molecule has 0 aliphatic rings. The van der Waals surface area contributed by atoms with Gasteiger partial charge in [0.15, 0.2) is 0 Å². The van der Waals surface area contributed by atoms with E-state index in [1.807, 2.05) is 25.1 Å². The molecule has 0 atom stereocenters. The van der Waals surface area contributed by atoms with E-state index in [-0.39, 0.29) is 5.56 Å². The molecule has 3 N–H and O–H groups in total. The van der Waals surface area contributed by atoms with Gasteiger partial charge in [0.25, 0.3) is 0 Å². The lowest BCUT2D eigenvalue weighted by atomic mass is 10.1. The SMILES string of the molecule is CCc1cccc(NC(=O)Nc2cccc(C(=O)O)c2)c1. The molecule has 0 saturated heterocycles. The number of nitrogens with one attached hydrogen (secondary N) is 2. The predicted molar refractivity (Wildman–Crippen MR) is 81.9 cm³/mol. The van der Waals surface area contributed by atoms with E-state index in [0.29, 0.717) is 11.4 Å². The van der Waals surface area contributed by atoms with Gasteiger partial charge in [0.1, 0.15) is 0 Å². The van der Waals surface area contributed by atoms with Crippen molar-refractivity contribution in [2.75, 3.05) is 10.6 Å². The molecule has 0 radical (unpaired) electrons. The maximum Gasteiger partial charge on any atom is 0.335 e. The van der Waals surface area contributed by atoms with Crippen LogP contribution >= 0.6 is 0 Å². The molecule has 5 nitrogen and oxygen atoms in total. The Morgan fingerprint density at radius 2 is 1.62 bits per heavy atom. The Morgan fingerprint density at radius 3 is 2.24 bits per heavy atom. The summed E-state index contributed by atoms with van der Waals surface area (Å²) in [5.74, 6) is -1.03. The number of aromatic carboxylic acids is 1. The van der Waals surface area contributed by atoms with Crippen molar-refractivity contribution < 1.29 is 14.7 Å². The first-order chi connectivity index (χ1) is 10.1. The molecule has 0 aromatic heterocycles. The number of hydrogen-bond acceptors (Lipinski definition) is 2. The Bertz CT molecular complexity index is 668. The van der Waals surface area contributed by atoms with Crippen LogP contribution in [0.15, 0.2) is 48.5 Å². The summed E-state index contributed by atoms with van der Waals surface area (Å²) in [4.78, 5) is 22.8. The van der Waals surface area contributed by atoms with E-state index in [4.69, 9.17) is 5.11 Å². The van der Waals surface area contributed by atoms with Crippen LogP contribution in [0.1, 0.15) is 22.8 Å². The maximum atomic E-state index is 11.9. The molecule has 0 spiro atoms. The summed E-state index contributed by atoms with van der Waals surface area (Å²) in [5, 5.41) is 14.2. The predicted octanol–water partition coefficient (Wildman–Crippen LogP) is 3.59. The van der Waals surface area contributed by atoms with Crippen molar-refractivity contribution in [3.05, 3.63) is 59.7 Å². The first kappa shape index (κ1) is 14.6. The second-order valence-corrected chi connectivity index (χ2v) is 4.52. The summed E-state index contributed by atoms with van der Waals surface area (Å²) in [6.07, 6.45) is 0.887. The third-order valence-electron chi connectivity index (χ3n) is 2.96. The zero-order valence-corrected chi connectivity index (χ0v) is 11.6. The van der Waals surface area contributed by atoms with E-state index in [1.165, 1.54) is 12.1 Å². The minimum absolute atomic E-state index is 0.126. The normalized spacial score (nSPS) is 9.95. The van der Waals surface area contributed by atoms with Crippen LogP contribution in [0, 0.1) is 0 Å². The minimum atomic E-state index is -1.03. The van der Waals surface area contributed by atoms with Crippen LogP contribution in [0.25, 0.3) is 0 Å². The van der Waals surface area contributed by atoms with Gasteiger partial charge in [0.2, 0.25) is 0 Å². The summed E-state index contributed by atoms with van der Waals surface area (Å²) in [7, 11) is 0. The number of hydrogen-bond donors (Lipinski definition) is 3. The highest BCUT2D eigenvalue weighted by Crippen LogP contribution is 2.13. The van der Waals surface area contributed by atoms with Crippen LogP contribution in [-0.2, 0) is 6.42 Å². The summed E-state index contributed by atoms with van der Waals surface area (Å²) < 4.78 is 0. The molecule has 2 rings (SSSR count). The van der Waals surface area contributed by atoms with Crippen molar-refractivity contribution in [1.82, 2.24) is 0 Å². The zero-order valence-electron chi connectivity index (χ0n) is 11.6. The Morgan fingerprint density at radius 1 is 1.00 bits per heavy atom. The number of aryl methyl sites for hydroxylation is 1. The number of carbonyl (C=O) groups is 2. The quantitative estimate of drug-likeness (QED) is 0.802. The largest absolute Gasteiger partial charge is 0.478 e. The summed E-state index contributed by atoms with van der Waals surface area (Å²) in [5.41, 5.74) is 2.38. The van der Waals surface area contributed by atoms with Crippen LogP contribution < -0.4 is 10.6 Å². The van der Waals surface area contributed by atoms with E-state index in [0.717, 1.165) is 12.0 Å². The van der Waals surface area contributed by atoms with Gasteiger partial charge in [-0.1, -0.05) is 25.1 Å². The molecular formula is C16H16N2O3. The average Bonchev–Trinajstić information content (AvgIpc) is 2.47. The highest BCUT2D eigenvalue weighted by molar-refractivity contribution is 6.00. The van der Waals surface area contributed by atoms with Crippen LogP contribution in [0.4, 0.5) is 16.2 Å². The second kappa shape index (κ2) is 6.56. The van der Waals surface area contributed by atoms with Crippen molar-refractivity contribution in [1.29, 1.82) is 0 Å². The topological polar surface area (TPSA) is 78.4 Å². The van der Waals surface area contributed by atoms with Gasteiger partial charge in [-0.2, -0.15) is 0 Å². The lowest BCUT2D eigenvalue weighted by Crippen LogP contribution is -2.19. The Kier molecular flexibility index (Phi) is 4.56. The van der Waals surface area contributed by atoms with Crippen LogP contribution in [0.5, 0.6) is 0 Å². The Balaban J connectivity index is 2.04. The summed E-state index contributed by atoms with van der Waals surface area (Å²) in [6.45, 7) is 2.04. The fourth-order valence-corrected chi connectivity index (χ4v) is 1.89. The van der Waals surface area contributed by atoms with Gasteiger partial charge in [0.05, 0.1) is 5.56 Å². The molecule has 2 amide bonds. The van der Waals surface area contributed by atoms with Crippen molar-refractivity contribution in [2.45, 2.75) is 13.3 Å². The number of urea groups is 1. The fraction of sp³-hybridized carbons (Fsp3) is 0.125. The summed E-state index contributed by atoms with van der Waals surface area (Å²) >= 11 is 0. The van der Waals surface area contributed by atoms with E-state index in [1.54, 1.807) is 18.2 Å². The van der Waals surface area contributed by atoms with Gasteiger partial charge in [-0.25, -0.2) is 9.59 Å². The molecule has 0 fully saturated rings. The van der Waals surface area contributed by atoms with Gasteiger partial charge in [0, 0.05) is 11.4 Å². The molecule has 21 heavy (non-hydrogen) atoms. The lowest BCUT2D eigenvalue weighted by Gasteiger charge is -2.09. The van der Waals surface area contributed by atoms with Crippen LogP contribution in [-0.4, -0.2) is 17.1 Å². The molecule has 0 heterocycles. The molecule has 2 aromatic rings. The number of carboxylic acids is 1. The zero-order chi connectivity index (χ0) is 15.2. The molecular weight excluding hydrogens is 268 g/mol. The van der Waals surface area contributed by atoms with Crippen LogP contribution in [0.2, 0.25) is 0 Å². The number of anilines is 2. The third kappa shape index (κ3) is 4.07. The molecule has 0 aliphatic carbocycles. The maximum absolute atomic E-state index is 11.9. The second-order valence-electron chi connectivity index (χ2n) is 4.52. The number of benzene rings is 2. The first-order valence-corrected chi connectivity index (χ1v) is 6.59. The highest BCUT2D eigenvalue weighted by Gasteiger charge is 2.06. The van der Waals surface area contributed by atoms with Gasteiger partial charge in [-0.3, -0.25) is 0 Å². The first-order valence-electron chi connectivity index (χ1n) is 6.59. The van der Waals surface area contributed by atoms with Gasteiger partial charge in [-0.05, 0) is 42.3 Å². The van der Waals surface area contributed by atoms with Crippen molar-refractivity contribution >= 4 is 23.4 Å². The van der Waals surface area contributed by atoms with Gasteiger partial charge >= 0.3 is 12.0 Å². The van der Waals surface area contributed by atoms with Crippen molar-refractivity contribution in [2.24, 2.45) is 0 Å². The molecule has 0 unspecified atom stereocenters. The van der Waals surface area contributed by atoms with E-state index in [2.05, 4.69) is 10.6 Å². The standard InChI is InChI=1S/C16H16N2O3/c1-2-11-5-3-7-13(9-11)17-16(21)18-14-8-4-6-12(10-14)15(19)20/h3-10H,2H2,1H3,(H,19,20)(H2,17,18,21). The Hall–Kier alpha value is -2.82. The number of carboxylic acid groups (broad SMARTS) is 1. The minimum Gasteiger partial charge on any atom is -0.478 e. The molecule has 0 bridgehead atoms. The number of amides is 2. The molecule has 108 valence electrons. The summed E-state index contributed by atoms with van der Waals surface area (Å²) in [6, 6.07) is 13.2. The van der Waals surface area contributed by atoms with E-state index >= 15 is 0 Å². The number of rotatable bonds is 4. The highest BCUT2D eigenvalue weighted by atomic mass is 16.4. The van der Waals surface area contributed by atoms with Gasteiger partial charge < -0.3 is 15.7 Å². The average molecular weight is 284 g/mol. The lowest BCUT2D eigenvalue weighted by molar-refractivity contribution is 0.0697. The molecule has 2 aromatic carbocycles. The van der Waals surface area contributed by atoms with E-state index < -0.39 is 12.0 Å². The Labute approximate surface area is 122 Å². The van der Waals surface area contributed by atoms with Crippen molar-refractivity contribution in [3.63, 3.8) is 0 Å². The van der Waals surface area contributed by atoms with Crippen molar-refractivity contribution in [3.8, 4) is 0 Å². The van der Waals surface area contributed by atoms with E-state index in [9.17, 15) is 9.59 Å². The molecule has 0 aliphatic heterocycles. The van der Waals surface area contributed by atoms with Gasteiger partial charge in [-0.15, -0.1) is 0 Å². The monoisotopic (exact) mass is 284 g/mol.